The highest BCUT2D eigenvalue weighted by Crippen LogP contribution is 2.15. The molecule has 2 aromatic heterocycles. The number of hydrogen-bond donors (Lipinski definition) is 0. The van der Waals surface area contributed by atoms with Gasteiger partial charge in [-0.2, -0.15) is 5.10 Å². The van der Waals surface area contributed by atoms with Crippen LogP contribution < -0.4 is 0 Å². The quantitative estimate of drug-likeness (QED) is 0.488. The van der Waals surface area contributed by atoms with Crippen LogP contribution in [-0.4, -0.2) is 15.6 Å². The Kier molecular flexibility index (Phi) is 4.02. The lowest BCUT2D eigenvalue weighted by Gasteiger charge is -1.92. The third kappa shape index (κ3) is 3.45. The van der Waals surface area contributed by atoms with E-state index in [1.165, 1.54) is 10.8 Å². The van der Waals surface area contributed by atoms with Crippen LogP contribution >= 0.6 is 11.6 Å². The molecule has 2 heterocycles. The summed E-state index contributed by atoms with van der Waals surface area (Å²) in [5, 5.41) is 4.36. The van der Waals surface area contributed by atoms with Gasteiger partial charge >= 0.3 is 0 Å². The summed E-state index contributed by atoms with van der Waals surface area (Å²) in [5.41, 5.74) is 1.15. The zero-order valence-corrected chi connectivity index (χ0v) is 11.4. The topological polar surface area (TPSA) is 48.0 Å². The first-order valence-corrected chi connectivity index (χ1v) is 6.07. The largest absolute Gasteiger partial charge is 0.465 e. The second kappa shape index (κ2) is 5.71. The summed E-state index contributed by atoms with van der Waals surface area (Å²) in [6.45, 7) is 1.88. The summed E-state index contributed by atoms with van der Waals surface area (Å²) in [7, 11) is 1.72. The molecule has 0 saturated carbocycles. The third-order valence-electron chi connectivity index (χ3n) is 2.43. The molecule has 0 atom stereocenters. The molecule has 98 valence electrons. The van der Waals surface area contributed by atoms with E-state index in [2.05, 4.69) is 5.10 Å². The first-order valence-electron chi connectivity index (χ1n) is 5.69. The lowest BCUT2D eigenvalue weighted by atomic mass is 10.2. The van der Waals surface area contributed by atoms with E-state index >= 15 is 0 Å². The van der Waals surface area contributed by atoms with Crippen LogP contribution in [0.5, 0.6) is 0 Å². The Bertz CT molecular complexity index is 636. The first kappa shape index (κ1) is 13.4. The normalized spacial score (nSPS) is 12.3. The van der Waals surface area contributed by atoms with Crippen molar-refractivity contribution in [3.05, 3.63) is 58.8 Å². The Balaban J connectivity index is 2.10. The molecule has 4 nitrogen and oxygen atoms in total. The molecule has 19 heavy (non-hydrogen) atoms. The van der Waals surface area contributed by atoms with Gasteiger partial charge in [0.1, 0.15) is 5.76 Å². The van der Waals surface area contributed by atoms with Crippen LogP contribution in [0.1, 0.15) is 23.2 Å². The third-order valence-corrected chi connectivity index (χ3v) is 2.70. The molecule has 0 bridgehead atoms. The van der Waals surface area contributed by atoms with Crippen LogP contribution in [0, 0.1) is 0 Å². The van der Waals surface area contributed by atoms with Crippen molar-refractivity contribution in [3.63, 3.8) is 0 Å². The number of carbonyl (C=O) groups excluding carboxylic acids is 1. The highest BCUT2D eigenvalue weighted by atomic mass is 35.5. The Morgan fingerprint density at radius 1 is 1.47 bits per heavy atom. The molecule has 5 heteroatoms. The monoisotopic (exact) mass is 276 g/mol. The molecule has 0 unspecified atom stereocenters. The molecule has 0 aromatic carbocycles. The summed E-state index contributed by atoms with van der Waals surface area (Å²) < 4.78 is 6.69. The maximum Gasteiger partial charge on any atom is 0.207 e. The van der Waals surface area contributed by atoms with Crippen LogP contribution in [-0.2, 0) is 7.05 Å². The number of hydrogen-bond acceptors (Lipinski definition) is 3. The lowest BCUT2D eigenvalue weighted by molar-refractivity contribution is 0.104. The van der Waals surface area contributed by atoms with Gasteiger partial charge in [-0.3, -0.25) is 9.48 Å². The van der Waals surface area contributed by atoms with E-state index in [0.717, 1.165) is 11.3 Å². The molecule has 0 N–H and O–H groups in total. The zero-order chi connectivity index (χ0) is 13.8. The zero-order valence-electron chi connectivity index (χ0n) is 10.6. The fourth-order valence-electron chi connectivity index (χ4n) is 1.56. The molecule has 0 aliphatic heterocycles. The van der Waals surface area contributed by atoms with Gasteiger partial charge in [-0.25, -0.2) is 0 Å². The van der Waals surface area contributed by atoms with Crippen molar-refractivity contribution < 1.29 is 9.21 Å². The Hall–Kier alpha value is -2.07. The van der Waals surface area contributed by atoms with Crippen LogP contribution in [0.15, 0.2) is 46.7 Å². The van der Waals surface area contributed by atoms with Crippen LogP contribution in [0.4, 0.5) is 0 Å². The number of ketones is 1. The molecule has 0 radical (unpaired) electrons. The second-order valence-corrected chi connectivity index (χ2v) is 4.51. The van der Waals surface area contributed by atoms with Gasteiger partial charge in [0.2, 0.25) is 5.78 Å². The minimum absolute atomic E-state index is 0.224. The van der Waals surface area contributed by atoms with Crippen LogP contribution in [0.25, 0.3) is 6.08 Å². The van der Waals surface area contributed by atoms with Gasteiger partial charge in [-0.05, 0) is 36.8 Å². The van der Waals surface area contributed by atoms with Gasteiger partial charge < -0.3 is 4.42 Å². The molecule has 0 aliphatic rings. The van der Waals surface area contributed by atoms with Crippen molar-refractivity contribution in [1.82, 2.24) is 9.78 Å². The number of nitrogens with zero attached hydrogens (tertiary/aromatic N) is 2. The first-order chi connectivity index (χ1) is 9.06. The van der Waals surface area contributed by atoms with E-state index in [4.69, 9.17) is 16.0 Å². The standard InChI is InChI=1S/C14H13ClN2O2/c1-10(8-11-4-3-7-19-11)5-6-13(18)14-12(15)9-17(2)16-14/h3-9H,1-2H3/b6-5+,10-8+. The average molecular weight is 277 g/mol. The van der Waals surface area contributed by atoms with E-state index in [1.54, 1.807) is 25.6 Å². The summed E-state index contributed by atoms with van der Waals surface area (Å²) >= 11 is 5.90. The summed E-state index contributed by atoms with van der Waals surface area (Å²) in [6, 6.07) is 3.65. The van der Waals surface area contributed by atoms with Crippen molar-refractivity contribution >= 4 is 23.5 Å². The molecular formula is C14H13ClN2O2. The molecule has 0 spiro atoms. The van der Waals surface area contributed by atoms with Crippen molar-refractivity contribution in [2.24, 2.45) is 7.05 Å². The Morgan fingerprint density at radius 3 is 2.84 bits per heavy atom. The van der Waals surface area contributed by atoms with Gasteiger partial charge in [0, 0.05) is 13.2 Å². The fourth-order valence-corrected chi connectivity index (χ4v) is 1.83. The fraction of sp³-hybridized carbons (Fsp3) is 0.143. The smallest absolute Gasteiger partial charge is 0.207 e. The number of furan rings is 1. The summed E-state index contributed by atoms with van der Waals surface area (Å²) in [6.07, 6.45) is 8.18. The van der Waals surface area contributed by atoms with Crippen molar-refractivity contribution in [3.8, 4) is 0 Å². The van der Waals surface area contributed by atoms with Crippen LogP contribution in [0.2, 0.25) is 5.02 Å². The lowest BCUT2D eigenvalue weighted by Crippen LogP contribution is -1.98. The van der Waals surface area contributed by atoms with Crippen LogP contribution in [0.3, 0.4) is 0 Å². The molecule has 0 saturated heterocycles. The van der Waals surface area contributed by atoms with Gasteiger partial charge in [-0.15, -0.1) is 0 Å². The molecule has 0 aliphatic carbocycles. The van der Waals surface area contributed by atoms with E-state index in [-0.39, 0.29) is 11.5 Å². The molecule has 0 amide bonds. The molecule has 0 fully saturated rings. The van der Waals surface area contributed by atoms with Crippen molar-refractivity contribution in [1.29, 1.82) is 0 Å². The summed E-state index contributed by atoms with van der Waals surface area (Å²) in [5.74, 6) is 0.517. The highest BCUT2D eigenvalue weighted by Gasteiger charge is 2.11. The second-order valence-electron chi connectivity index (χ2n) is 4.10. The molecular weight excluding hydrogens is 264 g/mol. The van der Waals surface area contributed by atoms with E-state index in [1.807, 2.05) is 25.1 Å². The van der Waals surface area contributed by atoms with Gasteiger partial charge in [0.05, 0.1) is 11.3 Å². The summed E-state index contributed by atoms with van der Waals surface area (Å²) in [4.78, 5) is 11.9. The Morgan fingerprint density at radius 2 is 2.26 bits per heavy atom. The maximum atomic E-state index is 11.9. The van der Waals surface area contributed by atoms with E-state index < -0.39 is 0 Å². The van der Waals surface area contributed by atoms with Gasteiger partial charge in [0.15, 0.2) is 5.69 Å². The molecule has 2 rings (SSSR count). The molecule has 2 aromatic rings. The number of aromatic nitrogens is 2. The number of carbonyl (C=O) groups is 1. The number of aryl methyl sites for hydroxylation is 1. The van der Waals surface area contributed by atoms with Crippen molar-refractivity contribution in [2.45, 2.75) is 6.92 Å². The maximum absolute atomic E-state index is 11.9. The number of rotatable bonds is 4. The highest BCUT2D eigenvalue weighted by molar-refractivity contribution is 6.34. The Labute approximate surface area is 116 Å². The predicted molar refractivity (Wildman–Crippen MR) is 74.0 cm³/mol. The number of halogens is 1. The van der Waals surface area contributed by atoms with Gasteiger partial charge in [0.25, 0.3) is 0 Å². The minimum atomic E-state index is -0.224. The number of allylic oxidation sites excluding steroid dienone is 3. The SMILES string of the molecule is CC(/C=C/C(=O)c1nn(C)cc1Cl)=C\c1ccco1. The van der Waals surface area contributed by atoms with E-state index in [9.17, 15) is 4.79 Å². The predicted octanol–water partition coefficient (Wildman–Crippen LogP) is 3.51. The van der Waals surface area contributed by atoms with Crippen molar-refractivity contribution in [2.75, 3.05) is 0 Å². The van der Waals surface area contributed by atoms with Gasteiger partial charge in [-0.1, -0.05) is 17.7 Å². The minimum Gasteiger partial charge on any atom is -0.465 e. The van der Waals surface area contributed by atoms with E-state index in [0.29, 0.717) is 5.02 Å². The average Bonchev–Trinajstić information content (AvgIpc) is 2.96.